The summed E-state index contributed by atoms with van der Waals surface area (Å²) in [6.07, 6.45) is 4.81. The Morgan fingerprint density at radius 2 is 2.38 bits per heavy atom. The smallest absolute Gasteiger partial charge is 0.00368 e. The van der Waals surface area contributed by atoms with E-state index in [4.69, 9.17) is 5.73 Å². The van der Waals surface area contributed by atoms with Crippen molar-refractivity contribution >= 4 is 0 Å². The zero-order chi connectivity index (χ0) is 6.41. The maximum absolute atomic E-state index is 5.29. The monoisotopic (exact) mass is 111 g/mol. The zero-order valence-corrected chi connectivity index (χ0v) is 5.35. The molecule has 0 fully saturated rings. The van der Waals surface area contributed by atoms with E-state index in [1.807, 2.05) is 19.1 Å². The third-order valence-electron chi connectivity index (χ3n) is 1.07. The molecule has 8 heavy (non-hydrogen) atoms. The van der Waals surface area contributed by atoms with Crippen molar-refractivity contribution in [1.82, 2.24) is 0 Å². The van der Waals surface area contributed by atoms with Crippen molar-refractivity contribution in [2.75, 3.05) is 6.54 Å². The highest BCUT2D eigenvalue weighted by molar-refractivity contribution is 5.14. The highest BCUT2D eigenvalue weighted by atomic mass is 14.5. The van der Waals surface area contributed by atoms with E-state index < -0.39 is 0 Å². The van der Waals surface area contributed by atoms with E-state index in [-0.39, 0.29) is 0 Å². The van der Waals surface area contributed by atoms with Gasteiger partial charge in [-0.05, 0) is 19.9 Å². The van der Waals surface area contributed by atoms with Crippen LogP contribution in [0.2, 0.25) is 0 Å². The van der Waals surface area contributed by atoms with Crippen molar-refractivity contribution in [2.45, 2.75) is 13.3 Å². The molecule has 0 unspecified atom stereocenters. The van der Waals surface area contributed by atoms with E-state index in [9.17, 15) is 0 Å². The van der Waals surface area contributed by atoms with Crippen molar-refractivity contribution in [3.63, 3.8) is 0 Å². The van der Waals surface area contributed by atoms with E-state index >= 15 is 0 Å². The van der Waals surface area contributed by atoms with Gasteiger partial charge in [-0.3, -0.25) is 0 Å². The molecule has 0 rings (SSSR count). The van der Waals surface area contributed by atoms with Crippen molar-refractivity contribution < 1.29 is 0 Å². The maximum atomic E-state index is 5.29. The minimum Gasteiger partial charge on any atom is -0.330 e. The topological polar surface area (TPSA) is 26.0 Å². The van der Waals surface area contributed by atoms with Gasteiger partial charge in [0.1, 0.15) is 0 Å². The summed E-state index contributed by atoms with van der Waals surface area (Å²) in [5, 5.41) is 0. The molecule has 0 amide bonds. The molecule has 46 valence electrons. The normalized spacial score (nSPS) is 11.5. The van der Waals surface area contributed by atoms with Crippen molar-refractivity contribution in [1.29, 1.82) is 0 Å². The molecule has 0 aliphatic rings. The summed E-state index contributed by atoms with van der Waals surface area (Å²) in [6, 6.07) is 0. The second-order valence-electron chi connectivity index (χ2n) is 1.61. The van der Waals surface area contributed by atoms with Crippen LogP contribution >= 0.6 is 0 Å². The van der Waals surface area contributed by atoms with Crippen LogP contribution in [0.4, 0.5) is 0 Å². The predicted molar refractivity (Wildman–Crippen MR) is 37.6 cm³/mol. The van der Waals surface area contributed by atoms with Gasteiger partial charge in [0.05, 0.1) is 0 Å². The van der Waals surface area contributed by atoms with E-state index in [0.29, 0.717) is 6.54 Å². The molecule has 2 N–H and O–H groups in total. The lowest BCUT2D eigenvalue weighted by atomic mass is 10.2. The molecule has 0 aromatic carbocycles. The molecule has 0 spiro atoms. The number of allylic oxidation sites excluding steroid dienone is 2. The van der Waals surface area contributed by atoms with E-state index in [0.717, 1.165) is 6.42 Å². The van der Waals surface area contributed by atoms with Crippen LogP contribution in [0.1, 0.15) is 13.3 Å². The summed E-state index contributed by atoms with van der Waals surface area (Å²) in [6.45, 7) is 6.33. The fourth-order valence-electron chi connectivity index (χ4n) is 0.531. The molecular weight excluding hydrogens is 98.1 g/mol. The van der Waals surface area contributed by atoms with Crippen molar-refractivity contribution in [3.8, 4) is 0 Å². The van der Waals surface area contributed by atoms with Gasteiger partial charge in [0.25, 0.3) is 0 Å². The zero-order valence-electron chi connectivity index (χ0n) is 5.35. The molecule has 0 atom stereocenters. The van der Waals surface area contributed by atoms with Gasteiger partial charge < -0.3 is 5.73 Å². The second kappa shape index (κ2) is 4.60. The Morgan fingerprint density at radius 1 is 1.75 bits per heavy atom. The van der Waals surface area contributed by atoms with Gasteiger partial charge in [-0.15, -0.1) is 0 Å². The van der Waals surface area contributed by atoms with Gasteiger partial charge in [0, 0.05) is 0 Å². The third-order valence-corrected chi connectivity index (χ3v) is 1.07. The first-order valence-corrected chi connectivity index (χ1v) is 2.82. The lowest BCUT2D eigenvalue weighted by Gasteiger charge is -1.93. The third kappa shape index (κ3) is 2.59. The minimum absolute atomic E-state index is 0.714. The Bertz CT molecular complexity index is 92.6. The molecule has 1 nitrogen and oxygen atoms in total. The highest BCUT2D eigenvalue weighted by Gasteiger charge is 1.83. The Hall–Kier alpha value is -0.560. The van der Waals surface area contributed by atoms with Crippen molar-refractivity contribution in [2.24, 2.45) is 5.73 Å². The molecule has 0 aromatic heterocycles. The standard InChI is InChI=1S/C7H13N/c1-3-7(4-2)5-6-8/h3-4H,1,5-6,8H2,2H3/b7-4+. The first-order chi connectivity index (χ1) is 3.85. The quantitative estimate of drug-likeness (QED) is 0.548. The largest absolute Gasteiger partial charge is 0.330 e. The summed E-state index contributed by atoms with van der Waals surface area (Å²) in [5.41, 5.74) is 6.52. The van der Waals surface area contributed by atoms with Crippen LogP contribution in [0.3, 0.4) is 0 Å². The summed E-state index contributed by atoms with van der Waals surface area (Å²) >= 11 is 0. The van der Waals surface area contributed by atoms with Gasteiger partial charge in [-0.1, -0.05) is 24.3 Å². The fourth-order valence-corrected chi connectivity index (χ4v) is 0.531. The molecule has 0 aromatic rings. The molecule has 0 heterocycles. The summed E-state index contributed by atoms with van der Waals surface area (Å²) in [4.78, 5) is 0. The van der Waals surface area contributed by atoms with Gasteiger partial charge >= 0.3 is 0 Å². The number of rotatable bonds is 3. The van der Waals surface area contributed by atoms with Crippen LogP contribution in [0.15, 0.2) is 24.3 Å². The van der Waals surface area contributed by atoms with E-state index in [1.165, 1.54) is 5.57 Å². The highest BCUT2D eigenvalue weighted by Crippen LogP contribution is 1.98. The molecule has 0 aliphatic carbocycles. The second-order valence-corrected chi connectivity index (χ2v) is 1.61. The Kier molecular flexibility index (Phi) is 4.27. The van der Waals surface area contributed by atoms with Crippen LogP contribution in [-0.4, -0.2) is 6.54 Å². The Balaban J connectivity index is 3.54. The minimum atomic E-state index is 0.714. The van der Waals surface area contributed by atoms with Crippen LogP contribution in [0, 0.1) is 0 Å². The predicted octanol–water partition coefficient (Wildman–Crippen LogP) is 1.47. The average Bonchev–Trinajstić information content (AvgIpc) is 1.83. The molecule has 0 saturated heterocycles. The summed E-state index contributed by atoms with van der Waals surface area (Å²) in [7, 11) is 0. The molecule has 0 bridgehead atoms. The van der Waals surface area contributed by atoms with Crippen LogP contribution in [-0.2, 0) is 0 Å². The summed E-state index contributed by atoms with van der Waals surface area (Å²) in [5.74, 6) is 0. The molecular formula is C7H13N. The SMILES string of the molecule is C=C/C(=C\C)CCN. The maximum Gasteiger partial charge on any atom is -0.00368 e. The fraction of sp³-hybridized carbons (Fsp3) is 0.429. The van der Waals surface area contributed by atoms with Gasteiger partial charge in [0.15, 0.2) is 0 Å². The van der Waals surface area contributed by atoms with E-state index in [2.05, 4.69) is 6.58 Å². The van der Waals surface area contributed by atoms with E-state index in [1.54, 1.807) is 0 Å². The first kappa shape index (κ1) is 7.44. The lowest BCUT2D eigenvalue weighted by molar-refractivity contribution is 0.971. The molecule has 1 heteroatoms. The number of nitrogens with two attached hydrogens (primary N) is 1. The summed E-state index contributed by atoms with van der Waals surface area (Å²) < 4.78 is 0. The van der Waals surface area contributed by atoms with Crippen molar-refractivity contribution in [3.05, 3.63) is 24.3 Å². The van der Waals surface area contributed by atoms with Gasteiger partial charge in [0.2, 0.25) is 0 Å². The molecule has 0 aliphatic heterocycles. The van der Waals surface area contributed by atoms with Crippen LogP contribution < -0.4 is 5.73 Å². The molecule has 0 saturated carbocycles. The average molecular weight is 111 g/mol. The lowest BCUT2D eigenvalue weighted by Crippen LogP contribution is -1.98. The van der Waals surface area contributed by atoms with Gasteiger partial charge in [-0.2, -0.15) is 0 Å². The Labute approximate surface area is 50.9 Å². The van der Waals surface area contributed by atoms with Gasteiger partial charge in [-0.25, -0.2) is 0 Å². The number of hydrogen-bond donors (Lipinski definition) is 1. The van der Waals surface area contributed by atoms with Crippen LogP contribution in [0.25, 0.3) is 0 Å². The Morgan fingerprint density at radius 3 is 2.50 bits per heavy atom. The van der Waals surface area contributed by atoms with Crippen LogP contribution in [0.5, 0.6) is 0 Å². The number of hydrogen-bond acceptors (Lipinski definition) is 1. The molecule has 0 radical (unpaired) electrons. The first-order valence-electron chi connectivity index (χ1n) is 2.82.